The van der Waals surface area contributed by atoms with E-state index in [1.54, 1.807) is 6.07 Å². The van der Waals surface area contributed by atoms with E-state index >= 15 is 0 Å². The number of carboxylic acid groups (broad SMARTS) is 1. The Balaban J connectivity index is 2.13. The highest BCUT2D eigenvalue weighted by Crippen LogP contribution is 2.22. The van der Waals surface area contributed by atoms with Gasteiger partial charge >= 0.3 is 5.97 Å². The number of carbonyl (C=O) groups is 1. The quantitative estimate of drug-likeness (QED) is 0.917. The fourth-order valence-electron chi connectivity index (χ4n) is 1.93. The van der Waals surface area contributed by atoms with Crippen LogP contribution in [0.5, 0.6) is 0 Å². The minimum Gasteiger partial charge on any atom is -0.481 e. The van der Waals surface area contributed by atoms with Crippen LogP contribution in [0.1, 0.15) is 16.3 Å². The van der Waals surface area contributed by atoms with Crippen LogP contribution in [0.2, 0.25) is 5.02 Å². The third-order valence-corrected chi connectivity index (χ3v) is 4.09. The highest BCUT2D eigenvalue weighted by Gasteiger charge is 2.20. The molecule has 0 radical (unpaired) electrons. The lowest BCUT2D eigenvalue weighted by molar-refractivity contribution is -0.141. The maximum Gasteiger partial charge on any atom is 0.307 e. The highest BCUT2D eigenvalue weighted by molar-refractivity contribution is 7.09. The minimum atomic E-state index is -0.814. The molecule has 0 spiro atoms. The summed E-state index contributed by atoms with van der Waals surface area (Å²) in [4.78, 5) is 15.7. The van der Waals surface area contributed by atoms with Crippen LogP contribution in [0.3, 0.4) is 0 Å². The lowest BCUT2D eigenvalue weighted by Gasteiger charge is -2.12. The van der Waals surface area contributed by atoms with E-state index in [1.807, 2.05) is 30.5 Å². The Morgan fingerprint density at radius 3 is 2.74 bits per heavy atom. The zero-order valence-electron chi connectivity index (χ0n) is 10.5. The molecule has 1 aromatic heterocycles. The number of benzene rings is 1. The molecule has 1 aromatic carbocycles. The Labute approximate surface area is 120 Å². The van der Waals surface area contributed by atoms with E-state index < -0.39 is 11.9 Å². The molecule has 0 saturated heterocycles. The van der Waals surface area contributed by atoms with Crippen molar-refractivity contribution in [1.29, 1.82) is 0 Å². The van der Waals surface area contributed by atoms with E-state index in [9.17, 15) is 9.90 Å². The van der Waals surface area contributed by atoms with Gasteiger partial charge in [-0.15, -0.1) is 11.3 Å². The molecule has 100 valence electrons. The van der Waals surface area contributed by atoms with Crippen LogP contribution in [0.25, 0.3) is 0 Å². The van der Waals surface area contributed by atoms with Crippen molar-refractivity contribution in [2.24, 2.45) is 5.92 Å². The number of rotatable bonds is 5. The molecule has 0 aliphatic carbocycles. The molecule has 2 rings (SSSR count). The number of carboxylic acids is 1. The number of aliphatic carboxylic acids is 1. The van der Waals surface area contributed by atoms with Crippen molar-refractivity contribution in [3.63, 3.8) is 0 Å². The van der Waals surface area contributed by atoms with E-state index in [0.29, 0.717) is 17.9 Å². The summed E-state index contributed by atoms with van der Waals surface area (Å²) < 4.78 is 0. The van der Waals surface area contributed by atoms with Gasteiger partial charge in [0.25, 0.3) is 0 Å². The van der Waals surface area contributed by atoms with Gasteiger partial charge in [0.05, 0.1) is 16.6 Å². The second-order valence-electron chi connectivity index (χ2n) is 4.39. The summed E-state index contributed by atoms with van der Waals surface area (Å²) >= 11 is 7.61. The van der Waals surface area contributed by atoms with E-state index in [2.05, 4.69) is 4.98 Å². The molecule has 0 amide bonds. The largest absolute Gasteiger partial charge is 0.481 e. The molecular weight excluding hydrogens is 282 g/mol. The molecular formula is C14H14ClNO2S. The normalized spacial score (nSPS) is 12.3. The van der Waals surface area contributed by atoms with Crippen molar-refractivity contribution in [3.8, 4) is 0 Å². The van der Waals surface area contributed by atoms with Crippen molar-refractivity contribution in [2.45, 2.75) is 19.8 Å². The maximum atomic E-state index is 11.4. The molecule has 0 bridgehead atoms. The van der Waals surface area contributed by atoms with Crippen molar-refractivity contribution in [2.75, 3.05) is 0 Å². The van der Waals surface area contributed by atoms with Gasteiger partial charge in [-0.25, -0.2) is 4.98 Å². The number of hydrogen-bond donors (Lipinski definition) is 1. The average Bonchev–Trinajstić information content (AvgIpc) is 2.76. The number of thiazole rings is 1. The van der Waals surface area contributed by atoms with Crippen LogP contribution in [-0.2, 0) is 17.6 Å². The first kappa shape index (κ1) is 14.0. The molecule has 3 nitrogen and oxygen atoms in total. The Hall–Kier alpha value is -1.39. The summed E-state index contributed by atoms with van der Waals surface area (Å²) in [6.07, 6.45) is 0.858. The molecule has 5 heteroatoms. The van der Waals surface area contributed by atoms with Crippen LogP contribution in [-0.4, -0.2) is 16.1 Å². The van der Waals surface area contributed by atoms with Gasteiger partial charge in [0.1, 0.15) is 0 Å². The summed E-state index contributed by atoms with van der Waals surface area (Å²) in [6, 6.07) is 7.35. The molecule has 0 aliphatic heterocycles. The van der Waals surface area contributed by atoms with E-state index in [0.717, 1.165) is 16.3 Å². The van der Waals surface area contributed by atoms with Crippen LogP contribution in [0, 0.1) is 12.8 Å². The Morgan fingerprint density at radius 1 is 1.42 bits per heavy atom. The molecule has 19 heavy (non-hydrogen) atoms. The average molecular weight is 296 g/mol. The first-order chi connectivity index (χ1) is 9.06. The van der Waals surface area contributed by atoms with E-state index in [1.165, 1.54) is 11.3 Å². The predicted molar refractivity (Wildman–Crippen MR) is 76.8 cm³/mol. The van der Waals surface area contributed by atoms with Crippen LogP contribution in [0.4, 0.5) is 0 Å². The zero-order chi connectivity index (χ0) is 13.8. The number of halogens is 1. The lowest BCUT2D eigenvalue weighted by Crippen LogP contribution is -2.19. The topological polar surface area (TPSA) is 50.2 Å². The molecule has 0 fully saturated rings. The summed E-state index contributed by atoms with van der Waals surface area (Å²) in [5.74, 6) is -1.31. The third-order valence-electron chi connectivity index (χ3n) is 2.90. The summed E-state index contributed by atoms with van der Waals surface area (Å²) in [5.41, 5.74) is 1.70. The summed E-state index contributed by atoms with van der Waals surface area (Å²) in [7, 11) is 0. The Kier molecular flexibility index (Phi) is 4.56. The monoisotopic (exact) mass is 295 g/mol. The summed E-state index contributed by atoms with van der Waals surface area (Å²) in [5, 5.41) is 12.8. The summed E-state index contributed by atoms with van der Waals surface area (Å²) in [6.45, 7) is 1.91. The molecule has 0 saturated carbocycles. The van der Waals surface area contributed by atoms with E-state index in [-0.39, 0.29) is 0 Å². The van der Waals surface area contributed by atoms with Gasteiger partial charge in [-0.3, -0.25) is 4.79 Å². The molecule has 1 unspecified atom stereocenters. The van der Waals surface area contributed by atoms with Gasteiger partial charge < -0.3 is 5.11 Å². The molecule has 2 aromatic rings. The van der Waals surface area contributed by atoms with Gasteiger partial charge in [0.15, 0.2) is 0 Å². The van der Waals surface area contributed by atoms with E-state index in [4.69, 9.17) is 11.6 Å². The van der Waals surface area contributed by atoms with Gasteiger partial charge in [0.2, 0.25) is 0 Å². The van der Waals surface area contributed by atoms with Gasteiger partial charge in [0, 0.05) is 16.8 Å². The van der Waals surface area contributed by atoms with Crippen LogP contribution in [0.15, 0.2) is 29.6 Å². The number of aromatic nitrogens is 1. The van der Waals surface area contributed by atoms with Crippen molar-refractivity contribution in [1.82, 2.24) is 4.98 Å². The van der Waals surface area contributed by atoms with Gasteiger partial charge in [-0.2, -0.15) is 0 Å². The fourth-order valence-corrected chi connectivity index (χ4v) is 2.77. The predicted octanol–water partition coefficient (Wildman–Crippen LogP) is 3.59. The SMILES string of the molecule is Cc1nc(CC(Cc2ccccc2Cl)C(=O)O)cs1. The molecule has 1 heterocycles. The highest BCUT2D eigenvalue weighted by atomic mass is 35.5. The zero-order valence-corrected chi connectivity index (χ0v) is 12.0. The number of nitrogens with zero attached hydrogens (tertiary/aromatic N) is 1. The van der Waals surface area contributed by atoms with Gasteiger partial charge in [-0.1, -0.05) is 29.8 Å². The second-order valence-corrected chi connectivity index (χ2v) is 5.86. The standard InChI is InChI=1S/C14H14ClNO2S/c1-9-16-12(8-19-9)7-11(14(17)18)6-10-4-2-3-5-13(10)15/h2-5,8,11H,6-7H2,1H3,(H,17,18). The van der Waals surface area contributed by atoms with Crippen LogP contribution >= 0.6 is 22.9 Å². The van der Waals surface area contributed by atoms with Crippen molar-refractivity contribution >= 4 is 28.9 Å². The molecule has 0 aliphatic rings. The minimum absolute atomic E-state index is 0.422. The Morgan fingerprint density at radius 2 is 2.16 bits per heavy atom. The van der Waals surface area contributed by atoms with Crippen LogP contribution < -0.4 is 0 Å². The Bertz CT molecular complexity index is 582. The fraction of sp³-hybridized carbons (Fsp3) is 0.286. The molecule has 1 N–H and O–H groups in total. The lowest BCUT2D eigenvalue weighted by atomic mass is 9.95. The smallest absolute Gasteiger partial charge is 0.307 e. The first-order valence-electron chi connectivity index (χ1n) is 5.93. The second kappa shape index (κ2) is 6.17. The first-order valence-corrected chi connectivity index (χ1v) is 7.19. The number of aryl methyl sites for hydroxylation is 1. The van der Waals surface area contributed by atoms with Crippen molar-refractivity contribution < 1.29 is 9.90 Å². The molecule has 1 atom stereocenters. The number of hydrogen-bond acceptors (Lipinski definition) is 3. The van der Waals surface area contributed by atoms with Crippen molar-refractivity contribution in [3.05, 3.63) is 50.9 Å². The maximum absolute atomic E-state index is 11.4. The third kappa shape index (κ3) is 3.78. The van der Waals surface area contributed by atoms with Gasteiger partial charge in [-0.05, 0) is 25.0 Å².